The predicted molar refractivity (Wildman–Crippen MR) is 121 cm³/mol. The SMILES string of the molecule is CCc1ccc(N2N=C(C)/C(=C/c3ccc(-c4ccc(Cl)c(C(=O)O)c4)o3)C2=O)cc1. The van der Waals surface area contributed by atoms with Gasteiger partial charge in [-0.15, -0.1) is 0 Å². The van der Waals surface area contributed by atoms with Crippen LogP contribution < -0.4 is 5.01 Å². The van der Waals surface area contributed by atoms with Crippen LogP contribution >= 0.6 is 11.6 Å². The maximum absolute atomic E-state index is 12.9. The van der Waals surface area contributed by atoms with Crippen LogP contribution in [0.25, 0.3) is 17.4 Å². The molecule has 0 aliphatic carbocycles. The van der Waals surface area contributed by atoms with E-state index in [0.29, 0.717) is 34.1 Å². The quantitative estimate of drug-likeness (QED) is 0.524. The molecule has 1 N–H and O–H groups in total. The minimum Gasteiger partial charge on any atom is -0.478 e. The average molecular weight is 435 g/mol. The van der Waals surface area contributed by atoms with Gasteiger partial charge in [-0.25, -0.2) is 4.79 Å². The lowest BCUT2D eigenvalue weighted by Gasteiger charge is -2.12. The van der Waals surface area contributed by atoms with Gasteiger partial charge < -0.3 is 9.52 Å². The summed E-state index contributed by atoms with van der Waals surface area (Å²) in [5, 5.41) is 15.2. The maximum atomic E-state index is 12.9. The van der Waals surface area contributed by atoms with Crippen molar-refractivity contribution in [3.05, 3.63) is 82.1 Å². The molecule has 0 radical (unpaired) electrons. The van der Waals surface area contributed by atoms with Gasteiger partial charge in [-0.1, -0.05) is 30.7 Å². The number of carboxylic acids is 1. The second kappa shape index (κ2) is 8.24. The Morgan fingerprint density at radius 2 is 1.90 bits per heavy atom. The zero-order valence-corrected chi connectivity index (χ0v) is 17.7. The van der Waals surface area contributed by atoms with Crippen LogP contribution in [0, 0.1) is 0 Å². The minimum absolute atomic E-state index is 0.00541. The molecule has 2 heterocycles. The molecule has 3 aromatic rings. The Bertz CT molecular complexity index is 1240. The maximum Gasteiger partial charge on any atom is 0.337 e. The number of aromatic carboxylic acids is 1. The number of hydrazone groups is 1. The third kappa shape index (κ3) is 4.02. The normalized spacial score (nSPS) is 14.9. The van der Waals surface area contributed by atoms with Gasteiger partial charge in [-0.3, -0.25) is 4.79 Å². The highest BCUT2D eigenvalue weighted by atomic mass is 35.5. The van der Waals surface area contributed by atoms with Crippen molar-refractivity contribution >= 4 is 41.0 Å². The highest BCUT2D eigenvalue weighted by molar-refractivity contribution is 6.33. The number of carboxylic acid groups (broad SMARTS) is 1. The van der Waals surface area contributed by atoms with Crippen molar-refractivity contribution in [3.63, 3.8) is 0 Å². The summed E-state index contributed by atoms with van der Waals surface area (Å²) in [5.74, 6) is -0.420. The lowest BCUT2D eigenvalue weighted by molar-refractivity contribution is -0.114. The van der Waals surface area contributed by atoms with E-state index in [0.717, 1.165) is 6.42 Å². The fraction of sp³-hybridized carbons (Fsp3) is 0.125. The van der Waals surface area contributed by atoms with Gasteiger partial charge in [0.15, 0.2) is 0 Å². The van der Waals surface area contributed by atoms with Crippen molar-refractivity contribution in [1.29, 1.82) is 0 Å². The second-order valence-corrected chi connectivity index (χ2v) is 7.49. The minimum atomic E-state index is -1.11. The second-order valence-electron chi connectivity index (χ2n) is 7.08. The van der Waals surface area contributed by atoms with Crippen LogP contribution in [-0.2, 0) is 11.2 Å². The van der Waals surface area contributed by atoms with E-state index in [1.807, 2.05) is 24.3 Å². The van der Waals surface area contributed by atoms with Gasteiger partial charge in [0.1, 0.15) is 11.5 Å². The number of furan rings is 1. The van der Waals surface area contributed by atoms with Crippen molar-refractivity contribution in [2.24, 2.45) is 5.10 Å². The van der Waals surface area contributed by atoms with Gasteiger partial charge in [0.25, 0.3) is 5.91 Å². The highest BCUT2D eigenvalue weighted by Gasteiger charge is 2.29. The molecule has 0 bridgehead atoms. The van der Waals surface area contributed by atoms with Crippen molar-refractivity contribution in [2.75, 3.05) is 5.01 Å². The van der Waals surface area contributed by atoms with Gasteiger partial charge in [0, 0.05) is 5.56 Å². The first-order valence-corrected chi connectivity index (χ1v) is 10.1. The number of hydrogen-bond donors (Lipinski definition) is 1. The van der Waals surface area contributed by atoms with Crippen LogP contribution in [0.2, 0.25) is 5.02 Å². The molecular weight excluding hydrogens is 416 g/mol. The molecule has 0 fully saturated rings. The Morgan fingerprint density at radius 1 is 1.16 bits per heavy atom. The van der Waals surface area contributed by atoms with E-state index >= 15 is 0 Å². The Kier molecular flexibility index (Phi) is 5.48. The average Bonchev–Trinajstić information content (AvgIpc) is 3.34. The van der Waals surface area contributed by atoms with Crippen LogP contribution in [0.3, 0.4) is 0 Å². The number of carbonyl (C=O) groups is 2. The van der Waals surface area contributed by atoms with Gasteiger partial charge in [-0.05, 0) is 67.4 Å². The molecule has 0 saturated heterocycles. The summed E-state index contributed by atoms with van der Waals surface area (Å²) in [6, 6.07) is 15.8. The Hall–Kier alpha value is -3.64. The summed E-state index contributed by atoms with van der Waals surface area (Å²) in [6.45, 7) is 3.84. The Balaban J connectivity index is 1.61. The van der Waals surface area contributed by atoms with Crippen LogP contribution in [0.15, 0.2) is 69.7 Å². The molecule has 2 aromatic carbocycles. The lowest BCUT2D eigenvalue weighted by Crippen LogP contribution is -2.21. The van der Waals surface area contributed by atoms with Crippen molar-refractivity contribution in [3.8, 4) is 11.3 Å². The molecule has 7 heteroatoms. The summed E-state index contributed by atoms with van der Waals surface area (Å²) in [7, 11) is 0. The van der Waals surface area contributed by atoms with E-state index < -0.39 is 5.97 Å². The molecule has 6 nitrogen and oxygen atoms in total. The number of benzene rings is 2. The van der Waals surface area contributed by atoms with Gasteiger partial charge in [-0.2, -0.15) is 10.1 Å². The molecule has 1 aliphatic heterocycles. The smallest absolute Gasteiger partial charge is 0.337 e. The first-order chi connectivity index (χ1) is 14.9. The molecule has 0 unspecified atom stereocenters. The Morgan fingerprint density at radius 3 is 2.58 bits per heavy atom. The van der Waals surface area contributed by atoms with Crippen molar-refractivity contribution in [1.82, 2.24) is 0 Å². The van der Waals surface area contributed by atoms with Gasteiger partial charge >= 0.3 is 5.97 Å². The van der Waals surface area contributed by atoms with Crippen LogP contribution in [0.1, 0.15) is 35.5 Å². The third-order valence-electron chi connectivity index (χ3n) is 5.05. The summed E-state index contributed by atoms with van der Waals surface area (Å²) < 4.78 is 5.84. The van der Waals surface area contributed by atoms with E-state index in [4.69, 9.17) is 16.0 Å². The lowest BCUT2D eigenvalue weighted by atomic mass is 10.1. The van der Waals surface area contributed by atoms with E-state index in [9.17, 15) is 14.7 Å². The molecular formula is C24H19ClN2O4. The largest absolute Gasteiger partial charge is 0.478 e. The first-order valence-electron chi connectivity index (χ1n) is 9.71. The summed E-state index contributed by atoms with van der Waals surface area (Å²) >= 11 is 5.93. The number of amides is 1. The molecule has 1 amide bonds. The number of nitrogens with zero attached hydrogens (tertiary/aromatic N) is 2. The molecule has 31 heavy (non-hydrogen) atoms. The van der Waals surface area contributed by atoms with Crippen molar-refractivity contribution < 1.29 is 19.1 Å². The fourth-order valence-corrected chi connectivity index (χ4v) is 3.50. The van der Waals surface area contributed by atoms with Crippen molar-refractivity contribution in [2.45, 2.75) is 20.3 Å². The molecule has 4 rings (SSSR count). The standard InChI is InChI=1S/C24H19ClN2O4/c1-3-15-4-7-17(8-5-15)27-23(28)19(14(2)26-27)13-18-9-11-22(31-18)16-6-10-21(25)20(12-16)24(29)30/h4-13H,3H2,1-2H3,(H,29,30)/b19-13-. The number of aryl methyl sites for hydroxylation is 1. The van der Waals surface area contributed by atoms with E-state index in [2.05, 4.69) is 12.0 Å². The predicted octanol–water partition coefficient (Wildman–Crippen LogP) is 5.67. The number of halogens is 1. The van der Waals surface area contributed by atoms with Crippen LogP contribution in [0.4, 0.5) is 5.69 Å². The molecule has 156 valence electrons. The van der Waals surface area contributed by atoms with Crippen LogP contribution in [-0.4, -0.2) is 22.7 Å². The van der Waals surface area contributed by atoms with Crippen LogP contribution in [0.5, 0.6) is 0 Å². The highest BCUT2D eigenvalue weighted by Crippen LogP contribution is 2.29. The molecule has 0 saturated carbocycles. The summed E-state index contributed by atoms with van der Waals surface area (Å²) in [4.78, 5) is 24.2. The number of hydrogen-bond acceptors (Lipinski definition) is 4. The van der Waals surface area contributed by atoms with E-state index in [-0.39, 0.29) is 16.5 Å². The summed E-state index contributed by atoms with van der Waals surface area (Å²) in [6.07, 6.45) is 2.56. The molecule has 0 atom stereocenters. The van der Waals surface area contributed by atoms with Gasteiger partial charge in [0.2, 0.25) is 0 Å². The fourth-order valence-electron chi connectivity index (χ4n) is 3.30. The first kappa shape index (κ1) is 20.6. The van der Waals surface area contributed by atoms with Gasteiger partial charge in [0.05, 0.1) is 27.6 Å². The zero-order chi connectivity index (χ0) is 22.1. The monoisotopic (exact) mass is 434 g/mol. The molecule has 0 spiro atoms. The Labute approximate surface area is 184 Å². The molecule has 1 aliphatic rings. The van der Waals surface area contributed by atoms with E-state index in [1.54, 1.807) is 31.2 Å². The third-order valence-corrected chi connectivity index (χ3v) is 5.38. The zero-order valence-electron chi connectivity index (χ0n) is 16.9. The number of anilines is 1. The number of rotatable bonds is 5. The topological polar surface area (TPSA) is 83.1 Å². The summed E-state index contributed by atoms with van der Waals surface area (Å²) in [5.41, 5.74) is 3.47. The molecule has 1 aromatic heterocycles. The number of carbonyl (C=O) groups excluding carboxylic acids is 1. The van der Waals surface area contributed by atoms with E-state index in [1.165, 1.54) is 22.7 Å².